The fraction of sp³-hybridized carbons (Fsp3) is 0.625. The van der Waals surface area contributed by atoms with Crippen LogP contribution in [0, 0.1) is 0 Å². The molecule has 4 nitrogen and oxygen atoms in total. The molecule has 1 fully saturated rings. The number of aliphatic imine (C=N–C) groups is 1. The molecule has 0 radical (unpaired) electrons. The summed E-state index contributed by atoms with van der Waals surface area (Å²) in [5, 5.41) is 0. The van der Waals surface area contributed by atoms with Crippen LogP contribution in [0.5, 0.6) is 0 Å². The van der Waals surface area contributed by atoms with Gasteiger partial charge in [-0.05, 0) is 0 Å². The number of ether oxygens (including phenoxy) is 1. The number of nitrogens with two attached hydrogens (primary N) is 1. The maximum Gasteiger partial charge on any atom is 0.407 e. The molecule has 2 N–H and O–H groups in total. The van der Waals surface area contributed by atoms with Gasteiger partial charge in [0.1, 0.15) is 13.3 Å². The third kappa shape index (κ3) is 3.43. The predicted octanol–water partition coefficient (Wildman–Crippen LogP) is 0.709. The van der Waals surface area contributed by atoms with Gasteiger partial charge in [0.05, 0.1) is 18.0 Å². The van der Waals surface area contributed by atoms with Gasteiger partial charge in [-0.1, -0.05) is 0 Å². The lowest BCUT2D eigenvalue weighted by molar-refractivity contribution is -0.118. The lowest BCUT2D eigenvalue weighted by Gasteiger charge is -2.28. The van der Waals surface area contributed by atoms with Crippen LogP contribution in [0.3, 0.4) is 0 Å². The average molecular weight is 223 g/mol. The van der Waals surface area contributed by atoms with Crippen LogP contribution < -0.4 is 5.73 Å². The summed E-state index contributed by atoms with van der Waals surface area (Å²) in [6.07, 6.45) is -3.07. The Balaban J connectivity index is 2.75. The first-order chi connectivity index (χ1) is 6.94. The van der Waals surface area contributed by atoms with Gasteiger partial charge in [-0.15, -0.1) is 0 Å². The molecule has 0 bridgehead atoms. The molecular weight excluding hydrogens is 211 g/mol. The zero-order chi connectivity index (χ0) is 11.5. The zero-order valence-corrected chi connectivity index (χ0v) is 8.21. The third-order valence-corrected chi connectivity index (χ3v) is 1.84. The van der Waals surface area contributed by atoms with Gasteiger partial charge in [-0.2, -0.15) is 13.2 Å². The molecule has 1 saturated heterocycles. The molecule has 0 unspecified atom stereocenters. The molecule has 86 valence electrons. The molecule has 1 aliphatic heterocycles. The molecule has 15 heavy (non-hydrogen) atoms. The smallest absolute Gasteiger partial charge is 0.403 e. The van der Waals surface area contributed by atoms with E-state index in [1.165, 1.54) is 6.20 Å². The highest BCUT2D eigenvalue weighted by Gasteiger charge is 2.28. The molecule has 0 saturated carbocycles. The van der Waals surface area contributed by atoms with E-state index in [2.05, 4.69) is 4.99 Å². The number of hydrogen-bond acceptors (Lipinski definition) is 4. The van der Waals surface area contributed by atoms with Crippen molar-refractivity contribution in [3.8, 4) is 0 Å². The molecule has 0 amide bonds. The minimum absolute atomic E-state index is 0.0590. The normalized spacial score (nSPS) is 23.9. The van der Waals surface area contributed by atoms with E-state index in [1.54, 1.807) is 11.9 Å². The van der Waals surface area contributed by atoms with Gasteiger partial charge >= 0.3 is 6.18 Å². The summed E-state index contributed by atoms with van der Waals surface area (Å²) < 4.78 is 40.8. The third-order valence-electron chi connectivity index (χ3n) is 1.84. The summed E-state index contributed by atoms with van der Waals surface area (Å²) in [4.78, 5) is 5.03. The van der Waals surface area contributed by atoms with Crippen molar-refractivity contribution in [2.45, 2.75) is 6.18 Å². The Morgan fingerprint density at radius 2 is 2.27 bits per heavy atom. The Morgan fingerprint density at radius 1 is 1.60 bits per heavy atom. The van der Waals surface area contributed by atoms with Crippen molar-refractivity contribution in [1.29, 1.82) is 0 Å². The first kappa shape index (κ1) is 11.8. The van der Waals surface area contributed by atoms with Crippen LogP contribution >= 0.6 is 0 Å². The minimum Gasteiger partial charge on any atom is -0.403 e. The Labute approximate surface area is 85.2 Å². The fourth-order valence-electron chi connectivity index (χ4n) is 1.18. The van der Waals surface area contributed by atoms with Crippen LogP contribution in [0.15, 0.2) is 16.9 Å². The van der Waals surface area contributed by atoms with E-state index in [0.717, 1.165) is 0 Å². The fourth-order valence-corrected chi connectivity index (χ4v) is 1.18. The van der Waals surface area contributed by atoms with Crippen molar-refractivity contribution < 1.29 is 17.9 Å². The Hall–Kier alpha value is -1.24. The van der Waals surface area contributed by atoms with Crippen LogP contribution in [-0.4, -0.2) is 43.7 Å². The highest BCUT2D eigenvalue weighted by Crippen LogP contribution is 2.16. The van der Waals surface area contributed by atoms with E-state index < -0.39 is 12.7 Å². The molecule has 1 aliphatic rings. The predicted molar refractivity (Wildman–Crippen MR) is 49.2 cm³/mol. The van der Waals surface area contributed by atoms with Gasteiger partial charge in [0.2, 0.25) is 0 Å². The van der Waals surface area contributed by atoms with E-state index in [0.29, 0.717) is 12.4 Å². The number of nitrogens with zero attached hydrogens (tertiary/aromatic N) is 2. The van der Waals surface area contributed by atoms with Gasteiger partial charge in [0, 0.05) is 13.2 Å². The number of halogens is 3. The van der Waals surface area contributed by atoms with Crippen LogP contribution in [0.25, 0.3) is 0 Å². The van der Waals surface area contributed by atoms with Crippen molar-refractivity contribution in [1.82, 2.24) is 4.90 Å². The van der Waals surface area contributed by atoms with Crippen molar-refractivity contribution in [3.05, 3.63) is 11.9 Å². The van der Waals surface area contributed by atoms with Gasteiger partial charge in [0.15, 0.2) is 0 Å². The summed E-state index contributed by atoms with van der Waals surface area (Å²) in [5.74, 6) is 0. The Kier molecular flexibility index (Phi) is 3.57. The Morgan fingerprint density at radius 3 is 2.80 bits per heavy atom. The maximum absolute atomic E-state index is 11.9. The largest absolute Gasteiger partial charge is 0.407 e. The van der Waals surface area contributed by atoms with Crippen LogP contribution in [0.2, 0.25) is 0 Å². The summed E-state index contributed by atoms with van der Waals surface area (Å²) in [5.41, 5.74) is 6.00. The highest BCUT2D eigenvalue weighted by atomic mass is 19.4. The van der Waals surface area contributed by atoms with Crippen molar-refractivity contribution in [2.24, 2.45) is 10.7 Å². The first-order valence-electron chi connectivity index (χ1n) is 4.25. The van der Waals surface area contributed by atoms with Crippen LogP contribution in [-0.2, 0) is 4.74 Å². The molecule has 1 heterocycles. The molecule has 1 rings (SSSR count). The van der Waals surface area contributed by atoms with Gasteiger partial charge < -0.3 is 15.4 Å². The summed E-state index contributed by atoms with van der Waals surface area (Å²) in [7, 11) is 1.67. The molecule has 0 spiro atoms. The molecule has 0 aromatic rings. The number of rotatable bonds is 1. The van der Waals surface area contributed by atoms with Crippen LogP contribution in [0.4, 0.5) is 13.2 Å². The van der Waals surface area contributed by atoms with E-state index in [1.807, 2.05) is 0 Å². The molecule has 0 aromatic heterocycles. The second-order valence-electron chi connectivity index (χ2n) is 3.11. The number of hydrogen-bond donors (Lipinski definition) is 1. The zero-order valence-electron chi connectivity index (χ0n) is 8.21. The summed E-state index contributed by atoms with van der Waals surface area (Å²) in [6, 6.07) is 0. The lowest BCUT2D eigenvalue weighted by Crippen LogP contribution is -2.36. The molecular formula is C8H12F3N3O. The summed E-state index contributed by atoms with van der Waals surface area (Å²) >= 11 is 0. The second-order valence-corrected chi connectivity index (χ2v) is 3.11. The van der Waals surface area contributed by atoms with E-state index >= 15 is 0 Å². The van der Waals surface area contributed by atoms with Crippen molar-refractivity contribution in [3.63, 3.8) is 0 Å². The average Bonchev–Trinajstić information content (AvgIpc) is 2.13. The topological polar surface area (TPSA) is 50.8 Å². The molecule has 0 aliphatic carbocycles. The Bertz CT molecular complexity index is 285. The molecule has 7 heteroatoms. The highest BCUT2D eigenvalue weighted by molar-refractivity contribution is 6.01. The van der Waals surface area contributed by atoms with Gasteiger partial charge in [0.25, 0.3) is 0 Å². The van der Waals surface area contributed by atoms with Gasteiger partial charge in [-0.3, -0.25) is 4.99 Å². The second kappa shape index (κ2) is 4.52. The van der Waals surface area contributed by atoms with E-state index in [9.17, 15) is 13.2 Å². The lowest BCUT2D eigenvalue weighted by atomic mass is 10.2. The minimum atomic E-state index is -4.30. The van der Waals surface area contributed by atoms with Crippen molar-refractivity contribution >= 4 is 5.71 Å². The van der Waals surface area contributed by atoms with Gasteiger partial charge in [-0.25, -0.2) is 0 Å². The summed E-state index contributed by atoms with van der Waals surface area (Å²) in [6.45, 7) is -0.853. The molecule has 0 atom stereocenters. The monoisotopic (exact) mass is 223 g/mol. The van der Waals surface area contributed by atoms with E-state index in [-0.39, 0.29) is 12.3 Å². The number of alkyl halides is 3. The SMILES string of the molecule is CN1COCC(=NCC(F)(F)F)C1=CN. The first-order valence-corrected chi connectivity index (χ1v) is 4.25. The van der Waals surface area contributed by atoms with Crippen LogP contribution in [0.1, 0.15) is 0 Å². The van der Waals surface area contributed by atoms with Crippen molar-refractivity contribution in [2.75, 3.05) is 26.9 Å². The molecule has 0 aromatic carbocycles. The standard InChI is InChI=1S/C8H12F3N3O/c1-14-5-15-3-6(7(14)2-12)13-4-8(9,10)11/h2H,3-5,12H2,1H3. The van der Waals surface area contributed by atoms with E-state index in [4.69, 9.17) is 10.5 Å². The quantitative estimate of drug-likeness (QED) is 0.712. The maximum atomic E-state index is 11.9.